The SMILES string of the molecule is COc1ccc2c(c1)c(CC(=O)OCC(=O)O)c(C)n2C(=O)c1ccc(Cl)cc1.[NaH]. The van der Waals surface area contributed by atoms with Crippen molar-refractivity contribution in [3.8, 4) is 5.75 Å². The van der Waals surface area contributed by atoms with Crippen molar-refractivity contribution in [1.82, 2.24) is 4.57 Å². The molecular weight excluding hydrogens is 421 g/mol. The number of methoxy groups -OCH3 is 1. The van der Waals surface area contributed by atoms with Gasteiger partial charge in [0.1, 0.15) is 5.75 Å². The summed E-state index contributed by atoms with van der Waals surface area (Å²) in [7, 11) is 1.52. The zero-order chi connectivity index (χ0) is 21.1. The van der Waals surface area contributed by atoms with Gasteiger partial charge < -0.3 is 14.6 Å². The number of fused-ring (bicyclic) bond motifs is 1. The molecule has 0 saturated heterocycles. The molecule has 0 aliphatic carbocycles. The maximum atomic E-state index is 13.2. The van der Waals surface area contributed by atoms with Crippen LogP contribution in [0, 0.1) is 6.92 Å². The van der Waals surface area contributed by atoms with Crippen molar-refractivity contribution in [2.45, 2.75) is 13.3 Å². The van der Waals surface area contributed by atoms with Gasteiger partial charge in [-0.3, -0.25) is 14.2 Å². The first-order chi connectivity index (χ1) is 13.8. The average Bonchev–Trinajstić information content (AvgIpc) is 2.97. The summed E-state index contributed by atoms with van der Waals surface area (Å²) in [6.07, 6.45) is -0.177. The fourth-order valence-electron chi connectivity index (χ4n) is 3.13. The molecule has 1 aromatic heterocycles. The molecule has 0 aliphatic heterocycles. The van der Waals surface area contributed by atoms with E-state index in [2.05, 4.69) is 0 Å². The van der Waals surface area contributed by atoms with Crippen molar-refractivity contribution in [3.05, 3.63) is 64.3 Å². The number of aliphatic carboxylic acids is 1. The van der Waals surface area contributed by atoms with Gasteiger partial charge >= 0.3 is 41.5 Å². The van der Waals surface area contributed by atoms with E-state index in [0.717, 1.165) is 0 Å². The molecule has 1 N–H and O–H groups in total. The Morgan fingerprint density at radius 1 is 1.10 bits per heavy atom. The topological polar surface area (TPSA) is 94.8 Å². The molecule has 3 rings (SSSR count). The molecule has 152 valence electrons. The maximum absolute atomic E-state index is 13.2. The number of hydrogen-bond donors (Lipinski definition) is 1. The van der Waals surface area contributed by atoms with E-state index in [-0.39, 0.29) is 41.9 Å². The molecule has 9 heteroatoms. The van der Waals surface area contributed by atoms with Crippen LogP contribution in [0.4, 0.5) is 0 Å². The van der Waals surface area contributed by atoms with Crippen LogP contribution in [0.5, 0.6) is 5.75 Å². The van der Waals surface area contributed by atoms with Crippen molar-refractivity contribution < 1.29 is 29.0 Å². The number of carboxylic acids is 1. The number of rotatable bonds is 6. The molecule has 0 radical (unpaired) electrons. The monoisotopic (exact) mass is 439 g/mol. The molecule has 0 saturated carbocycles. The van der Waals surface area contributed by atoms with Crippen molar-refractivity contribution in [2.75, 3.05) is 13.7 Å². The minimum atomic E-state index is -1.24. The Bertz CT molecular complexity index is 1110. The fraction of sp³-hybridized carbons (Fsp3) is 0.190. The Kier molecular flexibility index (Phi) is 8.09. The van der Waals surface area contributed by atoms with E-state index in [1.54, 1.807) is 49.4 Å². The van der Waals surface area contributed by atoms with Crippen LogP contribution in [0.2, 0.25) is 5.02 Å². The number of carbonyl (C=O) groups excluding carboxylic acids is 2. The molecule has 0 atom stereocenters. The number of esters is 1. The summed E-state index contributed by atoms with van der Waals surface area (Å²) < 4.78 is 11.5. The van der Waals surface area contributed by atoms with Crippen molar-refractivity contribution in [2.24, 2.45) is 0 Å². The molecule has 7 nitrogen and oxygen atoms in total. The van der Waals surface area contributed by atoms with Crippen LogP contribution < -0.4 is 4.74 Å². The summed E-state index contributed by atoms with van der Waals surface area (Å²) in [6, 6.07) is 11.7. The number of carbonyl (C=O) groups is 3. The van der Waals surface area contributed by atoms with E-state index in [1.165, 1.54) is 11.7 Å². The number of halogens is 1. The third-order valence-corrected chi connectivity index (χ3v) is 4.77. The summed E-state index contributed by atoms with van der Waals surface area (Å²) >= 11 is 5.91. The van der Waals surface area contributed by atoms with Crippen LogP contribution in [-0.2, 0) is 20.7 Å². The summed E-state index contributed by atoms with van der Waals surface area (Å²) in [6.45, 7) is 1.00. The van der Waals surface area contributed by atoms with Gasteiger partial charge in [0.2, 0.25) is 0 Å². The number of carboxylic acid groups (broad SMARTS) is 1. The molecule has 0 fully saturated rings. The molecule has 0 aliphatic rings. The van der Waals surface area contributed by atoms with Crippen LogP contribution >= 0.6 is 11.6 Å². The molecule has 2 aromatic carbocycles. The van der Waals surface area contributed by atoms with Gasteiger partial charge in [-0.05, 0) is 55.0 Å². The van der Waals surface area contributed by atoms with E-state index in [1.807, 2.05) is 0 Å². The van der Waals surface area contributed by atoms with Crippen LogP contribution in [0.3, 0.4) is 0 Å². The van der Waals surface area contributed by atoms with Gasteiger partial charge in [0.25, 0.3) is 5.91 Å². The van der Waals surface area contributed by atoms with Crippen LogP contribution in [0.15, 0.2) is 42.5 Å². The van der Waals surface area contributed by atoms with Crippen molar-refractivity contribution >= 4 is 69.9 Å². The van der Waals surface area contributed by atoms with E-state index < -0.39 is 18.5 Å². The molecule has 30 heavy (non-hydrogen) atoms. The molecule has 3 aromatic rings. The second-order valence-electron chi connectivity index (χ2n) is 6.33. The van der Waals surface area contributed by atoms with Crippen LogP contribution in [-0.4, -0.2) is 70.8 Å². The molecule has 0 amide bonds. The Labute approximate surface area is 199 Å². The van der Waals surface area contributed by atoms with E-state index in [9.17, 15) is 14.4 Å². The summed E-state index contributed by atoms with van der Waals surface area (Å²) in [4.78, 5) is 35.9. The summed E-state index contributed by atoms with van der Waals surface area (Å²) in [5.41, 5.74) is 2.16. The Morgan fingerprint density at radius 3 is 2.37 bits per heavy atom. The number of benzene rings is 2. The van der Waals surface area contributed by atoms with Gasteiger partial charge in [-0.15, -0.1) is 0 Å². The first kappa shape index (κ1) is 24.0. The van der Waals surface area contributed by atoms with Gasteiger partial charge in [-0.2, -0.15) is 0 Å². The molecular formula is C21H19ClNNaO6. The third-order valence-electron chi connectivity index (χ3n) is 4.51. The van der Waals surface area contributed by atoms with Crippen LogP contribution in [0.25, 0.3) is 10.9 Å². The zero-order valence-corrected chi connectivity index (χ0v) is 16.5. The van der Waals surface area contributed by atoms with E-state index in [4.69, 9.17) is 26.2 Å². The molecule has 0 unspecified atom stereocenters. The Hall–Kier alpha value is -2.32. The van der Waals surface area contributed by atoms with Gasteiger partial charge in [0, 0.05) is 21.7 Å². The predicted molar refractivity (Wildman–Crippen MR) is 114 cm³/mol. The van der Waals surface area contributed by atoms with Crippen molar-refractivity contribution in [1.29, 1.82) is 0 Å². The van der Waals surface area contributed by atoms with Gasteiger partial charge in [0.05, 0.1) is 19.0 Å². The number of nitrogens with zero attached hydrogens (tertiary/aromatic N) is 1. The first-order valence-electron chi connectivity index (χ1n) is 8.67. The van der Waals surface area contributed by atoms with Gasteiger partial charge in [-0.25, -0.2) is 4.79 Å². The van der Waals surface area contributed by atoms with Gasteiger partial charge in [0.15, 0.2) is 6.61 Å². The predicted octanol–water partition coefficient (Wildman–Crippen LogP) is 2.82. The summed E-state index contributed by atoms with van der Waals surface area (Å²) in [5.74, 6) is -1.65. The number of hydrogen-bond acceptors (Lipinski definition) is 5. The van der Waals surface area contributed by atoms with E-state index >= 15 is 0 Å². The normalized spacial score (nSPS) is 10.4. The van der Waals surface area contributed by atoms with E-state index in [0.29, 0.717) is 38.5 Å². The molecule has 0 bridgehead atoms. The van der Waals surface area contributed by atoms with Crippen LogP contribution in [0.1, 0.15) is 21.6 Å². The number of aromatic nitrogens is 1. The Morgan fingerprint density at radius 2 is 1.77 bits per heavy atom. The quantitative estimate of drug-likeness (QED) is 0.469. The fourth-order valence-corrected chi connectivity index (χ4v) is 3.26. The third kappa shape index (κ3) is 5.05. The molecule has 0 spiro atoms. The second-order valence-corrected chi connectivity index (χ2v) is 6.76. The standard InChI is InChI=1S/C21H18ClNO6.Na.H/c1-12-16(10-20(26)29-11-19(24)25)17-9-15(28-2)7-8-18(17)23(12)21(27)13-3-5-14(22)6-4-13;;/h3-9H,10-11H2,1-2H3,(H,24,25);;. The summed E-state index contributed by atoms with van der Waals surface area (Å²) in [5, 5.41) is 9.86. The number of ether oxygens (including phenoxy) is 2. The second kappa shape index (κ2) is 10.1. The van der Waals surface area contributed by atoms with Gasteiger partial charge in [-0.1, -0.05) is 11.6 Å². The Balaban J connectivity index is 0.00000320. The van der Waals surface area contributed by atoms with Crippen molar-refractivity contribution in [3.63, 3.8) is 0 Å². The first-order valence-corrected chi connectivity index (χ1v) is 9.05. The molecule has 1 heterocycles. The average molecular weight is 440 g/mol. The minimum absolute atomic E-state index is 0. The zero-order valence-electron chi connectivity index (χ0n) is 15.8.